The third kappa shape index (κ3) is 4.83. The molecule has 0 bridgehead atoms. The van der Waals surface area contributed by atoms with Crippen molar-refractivity contribution in [1.82, 2.24) is 0 Å². The summed E-state index contributed by atoms with van der Waals surface area (Å²) < 4.78 is 22.5. The lowest BCUT2D eigenvalue weighted by molar-refractivity contribution is -0.112. The SMILES string of the molecule is CCS(=O)(=O)C(C)C/C=C/C(C)=O. The summed E-state index contributed by atoms with van der Waals surface area (Å²) in [6.45, 7) is 4.72. The van der Waals surface area contributed by atoms with E-state index in [1.165, 1.54) is 13.0 Å². The summed E-state index contributed by atoms with van der Waals surface area (Å²) in [4.78, 5) is 10.5. The van der Waals surface area contributed by atoms with E-state index in [-0.39, 0.29) is 11.5 Å². The molecule has 0 aromatic carbocycles. The predicted molar refractivity (Wildman–Crippen MR) is 53.4 cm³/mol. The summed E-state index contributed by atoms with van der Waals surface area (Å²) in [6.07, 6.45) is 3.43. The minimum absolute atomic E-state index is 0.0545. The molecule has 1 unspecified atom stereocenters. The molecule has 0 saturated carbocycles. The van der Waals surface area contributed by atoms with Gasteiger partial charge in [-0.05, 0) is 26.3 Å². The zero-order valence-corrected chi connectivity index (χ0v) is 9.10. The summed E-state index contributed by atoms with van der Waals surface area (Å²) in [6, 6.07) is 0. The lowest BCUT2D eigenvalue weighted by Gasteiger charge is -2.07. The van der Waals surface area contributed by atoms with E-state index in [0.717, 1.165) is 0 Å². The van der Waals surface area contributed by atoms with Crippen LogP contribution in [0.4, 0.5) is 0 Å². The van der Waals surface area contributed by atoms with Gasteiger partial charge in [-0.2, -0.15) is 0 Å². The fraction of sp³-hybridized carbons (Fsp3) is 0.667. The van der Waals surface area contributed by atoms with Gasteiger partial charge in [0.05, 0.1) is 5.25 Å². The number of ketones is 1. The number of carbonyl (C=O) groups is 1. The minimum atomic E-state index is -2.96. The Morgan fingerprint density at radius 1 is 1.46 bits per heavy atom. The summed E-state index contributed by atoms with van der Waals surface area (Å²) in [5, 5.41) is -0.395. The second kappa shape index (κ2) is 5.17. The number of carbonyl (C=O) groups excluding carboxylic acids is 1. The zero-order chi connectivity index (χ0) is 10.5. The van der Waals surface area contributed by atoms with Crippen molar-refractivity contribution in [3.8, 4) is 0 Å². The van der Waals surface area contributed by atoms with Crippen LogP contribution in [0.5, 0.6) is 0 Å². The Bertz CT molecular complexity index is 288. The maximum Gasteiger partial charge on any atom is 0.152 e. The van der Waals surface area contributed by atoms with Crippen LogP contribution in [0.15, 0.2) is 12.2 Å². The summed E-state index contributed by atoms with van der Waals surface area (Å²) in [5.41, 5.74) is 0. The Hall–Kier alpha value is -0.640. The van der Waals surface area contributed by atoms with Gasteiger partial charge in [0.15, 0.2) is 15.6 Å². The van der Waals surface area contributed by atoms with E-state index >= 15 is 0 Å². The second-order valence-corrected chi connectivity index (χ2v) is 5.72. The van der Waals surface area contributed by atoms with Crippen molar-refractivity contribution in [2.45, 2.75) is 32.4 Å². The fourth-order valence-corrected chi connectivity index (χ4v) is 1.83. The molecule has 1 atom stereocenters. The van der Waals surface area contributed by atoms with E-state index in [2.05, 4.69) is 0 Å². The van der Waals surface area contributed by atoms with E-state index in [1.54, 1.807) is 19.9 Å². The molecule has 0 aromatic rings. The molecule has 0 fully saturated rings. The molecular weight excluding hydrogens is 188 g/mol. The van der Waals surface area contributed by atoms with Gasteiger partial charge in [-0.15, -0.1) is 0 Å². The maximum absolute atomic E-state index is 11.3. The number of hydrogen-bond donors (Lipinski definition) is 0. The standard InChI is InChI=1S/C9H16O3S/c1-4-13(11,12)9(3)7-5-6-8(2)10/h5-6,9H,4,7H2,1-3H3/b6-5+. The van der Waals surface area contributed by atoms with E-state index < -0.39 is 15.1 Å². The highest BCUT2D eigenvalue weighted by Gasteiger charge is 2.16. The molecule has 0 aliphatic heterocycles. The molecule has 0 aromatic heterocycles. The van der Waals surface area contributed by atoms with E-state index in [4.69, 9.17) is 0 Å². The Morgan fingerprint density at radius 3 is 2.38 bits per heavy atom. The van der Waals surface area contributed by atoms with Gasteiger partial charge in [-0.3, -0.25) is 4.79 Å². The van der Waals surface area contributed by atoms with Crippen LogP contribution in [-0.2, 0) is 14.6 Å². The second-order valence-electron chi connectivity index (χ2n) is 3.01. The average molecular weight is 204 g/mol. The van der Waals surface area contributed by atoms with E-state index in [9.17, 15) is 13.2 Å². The first-order valence-corrected chi connectivity index (χ1v) is 6.00. The van der Waals surface area contributed by atoms with E-state index in [0.29, 0.717) is 6.42 Å². The highest BCUT2D eigenvalue weighted by atomic mass is 32.2. The third-order valence-corrected chi connectivity index (χ3v) is 4.06. The molecule has 0 spiro atoms. The van der Waals surface area contributed by atoms with Crippen molar-refractivity contribution in [2.75, 3.05) is 5.75 Å². The van der Waals surface area contributed by atoms with Gasteiger partial charge in [0.1, 0.15) is 0 Å². The summed E-state index contributed by atoms with van der Waals surface area (Å²) in [5.74, 6) is 0.100. The molecule has 0 aliphatic carbocycles. The Kier molecular flexibility index (Phi) is 4.91. The zero-order valence-electron chi connectivity index (χ0n) is 8.28. The fourth-order valence-electron chi connectivity index (χ4n) is 0.857. The van der Waals surface area contributed by atoms with Crippen LogP contribution in [0.25, 0.3) is 0 Å². The van der Waals surface area contributed by atoms with Crippen molar-refractivity contribution in [2.24, 2.45) is 0 Å². The summed E-state index contributed by atoms with van der Waals surface area (Å²) >= 11 is 0. The van der Waals surface area contributed by atoms with Gasteiger partial charge >= 0.3 is 0 Å². The van der Waals surface area contributed by atoms with Crippen molar-refractivity contribution in [3.05, 3.63) is 12.2 Å². The van der Waals surface area contributed by atoms with Gasteiger partial charge in [-0.1, -0.05) is 13.0 Å². The van der Waals surface area contributed by atoms with Gasteiger partial charge in [0.2, 0.25) is 0 Å². The normalized spacial score (nSPS) is 14.7. The lowest BCUT2D eigenvalue weighted by atomic mass is 10.3. The molecule has 76 valence electrons. The first-order chi connectivity index (χ1) is 5.90. The van der Waals surface area contributed by atoms with Crippen molar-refractivity contribution < 1.29 is 13.2 Å². The number of sulfone groups is 1. The Labute approximate surface area is 79.8 Å². The van der Waals surface area contributed by atoms with Gasteiger partial charge in [-0.25, -0.2) is 8.42 Å². The number of allylic oxidation sites excluding steroid dienone is 2. The van der Waals surface area contributed by atoms with Crippen molar-refractivity contribution in [3.63, 3.8) is 0 Å². The third-order valence-electron chi connectivity index (χ3n) is 1.84. The number of rotatable bonds is 5. The Morgan fingerprint density at radius 2 is 2.00 bits per heavy atom. The molecule has 0 heterocycles. The highest BCUT2D eigenvalue weighted by Crippen LogP contribution is 2.06. The topological polar surface area (TPSA) is 51.2 Å². The van der Waals surface area contributed by atoms with Crippen LogP contribution in [-0.4, -0.2) is 25.2 Å². The average Bonchev–Trinajstić information content (AvgIpc) is 2.03. The van der Waals surface area contributed by atoms with Gasteiger partial charge in [0, 0.05) is 5.75 Å². The van der Waals surface area contributed by atoms with Crippen LogP contribution in [0.3, 0.4) is 0 Å². The van der Waals surface area contributed by atoms with Crippen molar-refractivity contribution >= 4 is 15.6 Å². The first-order valence-electron chi connectivity index (χ1n) is 4.28. The molecular formula is C9H16O3S. The first kappa shape index (κ1) is 12.4. The molecule has 0 amide bonds. The smallest absolute Gasteiger partial charge is 0.152 e. The maximum atomic E-state index is 11.3. The van der Waals surface area contributed by atoms with Crippen LogP contribution in [0.1, 0.15) is 27.2 Å². The molecule has 0 rings (SSSR count). The largest absolute Gasteiger partial charge is 0.295 e. The molecule has 3 nitrogen and oxygen atoms in total. The highest BCUT2D eigenvalue weighted by molar-refractivity contribution is 7.91. The molecule has 0 aliphatic rings. The molecule has 0 saturated heterocycles. The quantitative estimate of drug-likeness (QED) is 0.635. The Balaban J connectivity index is 4.17. The monoisotopic (exact) mass is 204 g/mol. The van der Waals surface area contributed by atoms with Crippen LogP contribution < -0.4 is 0 Å². The van der Waals surface area contributed by atoms with Crippen molar-refractivity contribution in [1.29, 1.82) is 0 Å². The van der Waals surface area contributed by atoms with Crippen LogP contribution in [0, 0.1) is 0 Å². The molecule has 13 heavy (non-hydrogen) atoms. The molecule has 4 heteroatoms. The molecule has 0 N–H and O–H groups in total. The van der Waals surface area contributed by atoms with Crippen LogP contribution >= 0.6 is 0 Å². The van der Waals surface area contributed by atoms with E-state index in [1.807, 2.05) is 0 Å². The van der Waals surface area contributed by atoms with Gasteiger partial charge < -0.3 is 0 Å². The molecule has 0 radical (unpaired) electrons. The summed E-state index contributed by atoms with van der Waals surface area (Å²) in [7, 11) is -2.96. The van der Waals surface area contributed by atoms with Crippen LogP contribution in [0.2, 0.25) is 0 Å². The number of hydrogen-bond acceptors (Lipinski definition) is 3. The minimum Gasteiger partial charge on any atom is -0.295 e. The predicted octanol–water partition coefficient (Wildman–Crippen LogP) is 1.34. The lowest BCUT2D eigenvalue weighted by Crippen LogP contribution is -2.18. The van der Waals surface area contributed by atoms with Gasteiger partial charge in [0.25, 0.3) is 0 Å².